The number of benzene rings is 1. The Morgan fingerprint density at radius 1 is 1.10 bits per heavy atom. The second kappa shape index (κ2) is 5.35. The molecule has 2 aliphatic carbocycles. The first-order valence-corrected chi connectivity index (χ1v) is 7.23. The van der Waals surface area contributed by atoms with Crippen molar-refractivity contribution < 1.29 is 14.3 Å². The summed E-state index contributed by atoms with van der Waals surface area (Å²) in [5, 5.41) is 3.18. The minimum atomic E-state index is -0.0280. The van der Waals surface area contributed by atoms with Gasteiger partial charge in [0.25, 0.3) is 5.91 Å². The zero-order valence-electron chi connectivity index (χ0n) is 12.0. The van der Waals surface area contributed by atoms with Gasteiger partial charge in [0.15, 0.2) is 0 Å². The van der Waals surface area contributed by atoms with Gasteiger partial charge in [0, 0.05) is 17.7 Å². The molecular formula is C16H21NO3. The molecule has 1 aromatic carbocycles. The molecule has 0 saturated heterocycles. The first-order chi connectivity index (χ1) is 9.69. The Morgan fingerprint density at radius 3 is 2.30 bits per heavy atom. The molecule has 0 heterocycles. The second-order valence-corrected chi connectivity index (χ2v) is 5.86. The van der Waals surface area contributed by atoms with Crippen LogP contribution in [0, 0.1) is 11.8 Å². The summed E-state index contributed by atoms with van der Waals surface area (Å²) in [6.45, 7) is 0. The van der Waals surface area contributed by atoms with E-state index in [1.165, 1.54) is 19.3 Å². The predicted octanol–water partition coefficient (Wildman–Crippen LogP) is 2.62. The number of methoxy groups -OCH3 is 2. The maximum absolute atomic E-state index is 12.4. The van der Waals surface area contributed by atoms with Crippen molar-refractivity contribution in [3.05, 3.63) is 23.8 Å². The minimum absolute atomic E-state index is 0.0280. The average molecular weight is 275 g/mol. The van der Waals surface area contributed by atoms with E-state index in [9.17, 15) is 4.79 Å². The number of carbonyl (C=O) groups excluding carboxylic acids is 1. The van der Waals surface area contributed by atoms with Crippen molar-refractivity contribution in [3.63, 3.8) is 0 Å². The number of hydrogen-bond donors (Lipinski definition) is 1. The molecular weight excluding hydrogens is 254 g/mol. The van der Waals surface area contributed by atoms with Crippen molar-refractivity contribution in [3.8, 4) is 11.5 Å². The molecule has 4 nitrogen and oxygen atoms in total. The van der Waals surface area contributed by atoms with E-state index in [4.69, 9.17) is 9.47 Å². The first-order valence-electron chi connectivity index (χ1n) is 7.23. The maximum atomic E-state index is 12.4. The molecule has 0 aliphatic heterocycles. The van der Waals surface area contributed by atoms with E-state index in [1.54, 1.807) is 32.4 Å². The largest absolute Gasteiger partial charge is 0.497 e. The molecule has 2 bridgehead atoms. The van der Waals surface area contributed by atoms with Crippen LogP contribution in [0.4, 0.5) is 0 Å². The Labute approximate surface area is 119 Å². The van der Waals surface area contributed by atoms with E-state index in [-0.39, 0.29) is 5.91 Å². The zero-order valence-corrected chi connectivity index (χ0v) is 12.0. The Bertz CT molecular complexity index is 492. The maximum Gasteiger partial charge on any atom is 0.251 e. The van der Waals surface area contributed by atoms with Crippen LogP contribution in [0.2, 0.25) is 0 Å². The average Bonchev–Trinajstić information content (AvgIpc) is 3.09. The number of amides is 1. The van der Waals surface area contributed by atoms with Gasteiger partial charge in [-0.25, -0.2) is 0 Å². The van der Waals surface area contributed by atoms with Gasteiger partial charge in [-0.05, 0) is 43.2 Å². The van der Waals surface area contributed by atoms with E-state index in [0.29, 0.717) is 29.0 Å². The van der Waals surface area contributed by atoms with Gasteiger partial charge in [-0.15, -0.1) is 0 Å². The third-order valence-corrected chi connectivity index (χ3v) is 4.67. The third-order valence-electron chi connectivity index (χ3n) is 4.67. The van der Waals surface area contributed by atoms with Gasteiger partial charge in [-0.2, -0.15) is 0 Å². The van der Waals surface area contributed by atoms with Crippen LogP contribution in [-0.4, -0.2) is 26.2 Å². The molecule has 0 aromatic heterocycles. The molecule has 2 fully saturated rings. The van der Waals surface area contributed by atoms with Gasteiger partial charge < -0.3 is 14.8 Å². The standard InChI is InChI=1S/C16H21NO3/c1-19-13-7-12(8-14(9-13)20-2)16(18)17-15-6-10-3-4-11(15)5-10/h7-11,15H,3-6H2,1-2H3,(H,17,18)/t10-,11+,15+/m1/s1. The third kappa shape index (κ3) is 2.47. The lowest BCUT2D eigenvalue weighted by atomic mass is 9.95. The molecule has 3 rings (SSSR count). The molecule has 1 amide bonds. The lowest BCUT2D eigenvalue weighted by molar-refractivity contribution is 0.0922. The van der Waals surface area contributed by atoms with E-state index in [2.05, 4.69) is 5.32 Å². The number of rotatable bonds is 4. The highest BCUT2D eigenvalue weighted by atomic mass is 16.5. The van der Waals surface area contributed by atoms with Crippen LogP contribution in [0.5, 0.6) is 11.5 Å². The number of carbonyl (C=O) groups is 1. The van der Waals surface area contributed by atoms with E-state index in [0.717, 1.165) is 12.3 Å². The van der Waals surface area contributed by atoms with Gasteiger partial charge in [-0.3, -0.25) is 4.79 Å². The minimum Gasteiger partial charge on any atom is -0.497 e. The van der Waals surface area contributed by atoms with Gasteiger partial charge in [0.1, 0.15) is 11.5 Å². The van der Waals surface area contributed by atoms with Crippen molar-refractivity contribution in [2.75, 3.05) is 14.2 Å². The number of ether oxygens (including phenoxy) is 2. The van der Waals surface area contributed by atoms with E-state index in [1.807, 2.05) is 0 Å². The summed E-state index contributed by atoms with van der Waals surface area (Å²) in [5.74, 6) is 2.76. The van der Waals surface area contributed by atoms with Crippen LogP contribution in [0.3, 0.4) is 0 Å². The smallest absolute Gasteiger partial charge is 0.251 e. The number of fused-ring (bicyclic) bond motifs is 2. The molecule has 0 radical (unpaired) electrons. The van der Waals surface area contributed by atoms with E-state index < -0.39 is 0 Å². The van der Waals surface area contributed by atoms with Crippen molar-refractivity contribution in [2.24, 2.45) is 11.8 Å². The van der Waals surface area contributed by atoms with Gasteiger partial charge in [-0.1, -0.05) is 6.42 Å². The van der Waals surface area contributed by atoms with Gasteiger partial charge in [0.05, 0.1) is 14.2 Å². The normalized spacial score (nSPS) is 27.4. The number of hydrogen-bond acceptors (Lipinski definition) is 3. The van der Waals surface area contributed by atoms with Crippen LogP contribution < -0.4 is 14.8 Å². The van der Waals surface area contributed by atoms with Crippen LogP contribution in [0.1, 0.15) is 36.0 Å². The topological polar surface area (TPSA) is 47.6 Å². The molecule has 0 unspecified atom stereocenters. The molecule has 2 aliphatic rings. The van der Waals surface area contributed by atoms with Crippen molar-refractivity contribution >= 4 is 5.91 Å². The molecule has 0 spiro atoms. The molecule has 1 N–H and O–H groups in total. The summed E-state index contributed by atoms with van der Waals surface area (Å²) in [6, 6.07) is 5.63. The SMILES string of the molecule is COc1cc(OC)cc(C(=O)N[C@H]2C[C@@H]3CC[C@H]2C3)c1. The Kier molecular flexibility index (Phi) is 3.55. The summed E-state index contributed by atoms with van der Waals surface area (Å²) in [7, 11) is 3.18. The molecule has 1 aromatic rings. The highest BCUT2D eigenvalue weighted by molar-refractivity contribution is 5.95. The van der Waals surface area contributed by atoms with Crippen LogP contribution >= 0.6 is 0 Å². The highest BCUT2D eigenvalue weighted by Gasteiger charge is 2.40. The lowest BCUT2D eigenvalue weighted by Crippen LogP contribution is -2.38. The summed E-state index contributed by atoms with van der Waals surface area (Å²) >= 11 is 0. The Balaban J connectivity index is 1.73. The fourth-order valence-electron chi connectivity index (χ4n) is 3.61. The highest BCUT2D eigenvalue weighted by Crippen LogP contribution is 2.44. The Morgan fingerprint density at radius 2 is 1.80 bits per heavy atom. The fraction of sp³-hybridized carbons (Fsp3) is 0.562. The van der Waals surface area contributed by atoms with Crippen molar-refractivity contribution in [1.82, 2.24) is 5.32 Å². The zero-order chi connectivity index (χ0) is 14.1. The molecule has 2 saturated carbocycles. The molecule has 3 atom stereocenters. The fourth-order valence-corrected chi connectivity index (χ4v) is 3.61. The monoisotopic (exact) mass is 275 g/mol. The van der Waals surface area contributed by atoms with Crippen LogP contribution in [0.15, 0.2) is 18.2 Å². The predicted molar refractivity (Wildman–Crippen MR) is 76.2 cm³/mol. The summed E-state index contributed by atoms with van der Waals surface area (Å²) in [5.41, 5.74) is 0.601. The molecule has 20 heavy (non-hydrogen) atoms. The van der Waals surface area contributed by atoms with E-state index >= 15 is 0 Å². The summed E-state index contributed by atoms with van der Waals surface area (Å²) in [4.78, 5) is 12.4. The quantitative estimate of drug-likeness (QED) is 0.919. The van der Waals surface area contributed by atoms with Crippen molar-refractivity contribution in [2.45, 2.75) is 31.7 Å². The molecule has 108 valence electrons. The molecule has 4 heteroatoms. The first kappa shape index (κ1) is 13.3. The summed E-state index contributed by atoms with van der Waals surface area (Å²) in [6.07, 6.45) is 5.02. The van der Waals surface area contributed by atoms with Crippen LogP contribution in [-0.2, 0) is 0 Å². The summed E-state index contributed by atoms with van der Waals surface area (Å²) < 4.78 is 10.4. The number of nitrogens with one attached hydrogen (secondary N) is 1. The lowest BCUT2D eigenvalue weighted by Gasteiger charge is -2.23. The van der Waals surface area contributed by atoms with Crippen LogP contribution in [0.25, 0.3) is 0 Å². The van der Waals surface area contributed by atoms with Gasteiger partial charge in [0.2, 0.25) is 0 Å². The second-order valence-electron chi connectivity index (χ2n) is 5.86. The Hall–Kier alpha value is -1.71. The van der Waals surface area contributed by atoms with Gasteiger partial charge >= 0.3 is 0 Å². The van der Waals surface area contributed by atoms with Crippen molar-refractivity contribution in [1.29, 1.82) is 0 Å².